The summed E-state index contributed by atoms with van der Waals surface area (Å²) in [6, 6.07) is 74.5. The first-order valence-corrected chi connectivity index (χ1v) is 23.5. The molecule has 0 unspecified atom stereocenters. The molecule has 0 atom stereocenters. The molecule has 6 heteroatoms. The van der Waals surface area contributed by atoms with E-state index < -0.39 is 0 Å². The number of fused-ring (bicyclic) bond motifs is 12. The maximum Gasteiger partial charge on any atom is 0.164 e. The largest absolute Gasteiger partial charge is 0.309 e. The van der Waals surface area contributed by atoms with Crippen molar-refractivity contribution in [2.75, 3.05) is 0 Å². The third kappa shape index (κ3) is 5.71. The Morgan fingerprint density at radius 1 is 0.323 bits per heavy atom. The maximum absolute atomic E-state index is 5.42. The van der Waals surface area contributed by atoms with E-state index in [2.05, 4.69) is 193 Å². The van der Waals surface area contributed by atoms with Gasteiger partial charge in [0.25, 0.3) is 0 Å². The second-order valence-corrected chi connectivity index (χ2v) is 18.9. The van der Waals surface area contributed by atoms with E-state index in [4.69, 9.17) is 15.0 Å². The molecule has 0 aliphatic rings. The van der Waals surface area contributed by atoms with Crippen LogP contribution < -0.4 is 0 Å². The lowest BCUT2D eigenvalue weighted by molar-refractivity contribution is 1.07. The first-order chi connectivity index (χ1) is 32.2. The van der Waals surface area contributed by atoms with Crippen molar-refractivity contribution in [3.05, 3.63) is 206 Å². The average molecular weight is 863 g/mol. The number of aromatic nitrogens is 4. The molecule has 4 nitrogen and oxygen atoms in total. The Balaban J connectivity index is 1.06. The van der Waals surface area contributed by atoms with Crippen LogP contribution >= 0.6 is 22.7 Å². The van der Waals surface area contributed by atoms with Gasteiger partial charge in [0.2, 0.25) is 0 Å². The maximum atomic E-state index is 5.42. The summed E-state index contributed by atoms with van der Waals surface area (Å²) in [7, 11) is 0. The van der Waals surface area contributed by atoms with Crippen molar-refractivity contribution in [1.29, 1.82) is 0 Å². The minimum atomic E-state index is 0.627. The minimum Gasteiger partial charge on any atom is -0.309 e. The molecule has 0 fully saturated rings. The normalized spacial score (nSPS) is 12.0. The van der Waals surface area contributed by atoms with Crippen LogP contribution in [0.15, 0.2) is 206 Å². The summed E-state index contributed by atoms with van der Waals surface area (Å²) >= 11 is 3.67. The Kier molecular flexibility index (Phi) is 7.99. The number of rotatable bonds is 5. The molecule has 0 bridgehead atoms. The van der Waals surface area contributed by atoms with Gasteiger partial charge in [-0.25, -0.2) is 15.0 Å². The summed E-state index contributed by atoms with van der Waals surface area (Å²) in [6.07, 6.45) is 0. The van der Waals surface area contributed by atoms with E-state index in [0.29, 0.717) is 17.5 Å². The molecule has 0 aliphatic carbocycles. The standard InChI is InChI=1S/C59H34N4S2/c1-2-14-36(15-3-1)57-60-58(39-26-28-44-43-20-9-11-23-52(43)64-54(44)33-39)62-59(61-57)46-30-27-40(63-50-22-10-8-19-42(50)49-31-37-16-4-5-17-38(37)32-51(49)63)34-48(46)45-21-12-24-53-55(45)47-29-25-35-13-6-7-18-41(35)56(47)65-53/h1-34H. The fourth-order valence-corrected chi connectivity index (χ4v) is 12.4. The van der Waals surface area contributed by atoms with Gasteiger partial charge in [0.1, 0.15) is 0 Å². The lowest BCUT2D eigenvalue weighted by atomic mass is 9.93. The highest BCUT2D eigenvalue weighted by atomic mass is 32.1. The zero-order chi connectivity index (χ0) is 42.6. The van der Waals surface area contributed by atoms with Crippen LogP contribution in [0.2, 0.25) is 0 Å². The van der Waals surface area contributed by atoms with Crippen molar-refractivity contribution in [3.8, 4) is 51.0 Å². The first-order valence-electron chi connectivity index (χ1n) is 21.8. The number of thiophene rings is 2. The summed E-state index contributed by atoms with van der Waals surface area (Å²) in [5.41, 5.74) is 8.43. The van der Waals surface area contributed by atoms with Gasteiger partial charge in [0.05, 0.1) is 11.0 Å². The molecule has 0 radical (unpaired) electrons. The molecule has 10 aromatic carbocycles. The fraction of sp³-hybridized carbons (Fsp3) is 0. The van der Waals surface area contributed by atoms with Crippen molar-refractivity contribution in [2.24, 2.45) is 0 Å². The van der Waals surface area contributed by atoms with Crippen molar-refractivity contribution >= 4 is 106 Å². The van der Waals surface area contributed by atoms with Crippen LogP contribution in [-0.2, 0) is 0 Å². The summed E-state index contributed by atoms with van der Waals surface area (Å²) in [5, 5.41) is 12.4. The zero-order valence-corrected chi connectivity index (χ0v) is 36.4. The predicted molar refractivity (Wildman–Crippen MR) is 277 cm³/mol. The lowest BCUT2D eigenvalue weighted by Gasteiger charge is -2.16. The van der Waals surface area contributed by atoms with Crippen LogP contribution in [0.1, 0.15) is 0 Å². The molecule has 0 spiro atoms. The molecule has 0 N–H and O–H groups in total. The first kappa shape index (κ1) is 36.5. The second-order valence-electron chi connectivity index (χ2n) is 16.7. The van der Waals surface area contributed by atoms with E-state index in [1.54, 1.807) is 11.3 Å². The van der Waals surface area contributed by atoms with Crippen molar-refractivity contribution in [2.45, 2.75) is 0 Å². The molecular formula is C59H34N4S2. The molecule has 14 aromatic rings. The van der Waals surface area contributed by atoms with Gasteiger partial charge in [0.15, 0.2) is 17.5 Å². The fourth-order valence-electron chi connectivity index (χ4n) is 10.0. The molecule has 4 heterocycles. The Hall–Kier alpha value is -8.03. The average Bonchev–Trinajstić information content (AvgIpc) is 4.05. The smallest absolute Gasteiger partial charge is 0.164 e. The van der Waals surface area contributed by atoms with Crippen LogP contribution in [0.5, 0.6) is 0 Å². The van der Waals surface area contributed by atoms with Crippen LogP contribution in [0.25, 0.3) is 135 Å². The van der Waals surface area contributed by atoms with Crippen LogP contribution in [0, 0.1) is 0 Å². The van der Waals surface area contributed by atoms with E-state index >= 15 is 0 Å². The highest BCUT2D eigenvalue weighted by Crippen LogP contribution is 2.46. The predicted octanol–water partition coefficient (Wildman–Crippen LogP) is 16.7. The third-order valence-electron chi connectivity index (χ3n) is 13.0. The van der Waals surface area contributed by atoms with Crippen LogP contribution in [0.3, 0.4) is 0 Å². The Labute approximate surface area is 381 Å². The molecule has 0 saturated carbocycles. The molecule has 0 saturated heterocycles. The van der Waals surface area contributed by atoms with Gasteiger partial charge >= 0.3 is 0 Å². The zero-order valence-electron chi connectivity index (χ0n) is 34.7. The Bertz CT molecular complexity index is 4250. The number of hydrogen-bond donors (Lipinski definition) is 0. The summed E-state index contributed by atoms with van der Waals surface area (Å²) in [6.45, 7) is 0. The van der Waals surface area contributed by atoms with Gasteiger partial charge in [-0.3, -0.25) is 0 Å². The van der Waals surface area contributed by atoms with Crippen molar-refractivity contribution < 1.29 is 0 Å². The number of hydrogen-bond acceptors (Lipinski definition) is 5. The van der Waals surface area contributed by atoms with Crippen LogP contribution in [-0.4, -0.2) is 19.5 Å². The van der Waals surface area contributed by atoms with Gasteiger partial charge in [-0.2, -0.15) is 0 Å². The minimum absolute atomic E-state index is 0.627. The molecule has 0 amide bonds. The highest BCUT2D eigenvalue weighted by molar-refractivity contribution is 7.27. The van der Waals surface area contributed by atoms with Crippen molar-refractivity contribution in [3.63, 3.8) is 0 Å². The van der Waals surface area contributed by atoms with Gasteiger partial charge in [-0.1, -0.05) is 152 Å². The van der Waals surface area contributed by atoms with Gasteiger partial charge in [0, 0.05) is 73.5 Å². The number of benzene rings is 10. The molecule has 0 aliphatic heterocycles. The monoisotopic (exact) mass is 862 g/mol. The molecular weight excluding hydrogens is 829 g/mol. The van der Waals surface area contributed by atoms with E-state index in [0.717, 1.165) is 39.0 Å². The number of nitrogens with zero attached hydrogens (tertiary/aromatic N) is 4. The van der Waals surface area contributed by atoms with E-state index in [1.807, 2.05) is 29.5 Å². The summed E-state index contributed by atoms with van der Waals surface area (Å²) in [5.74, 6) is 1.90. The lowest BCUT2D eigenvalue weighted by Crippen LogP contribution is -2.02. The second kappa shape index (κ2) is 14.2. The molecule has 65 heavy (non-hydrogen) atoms. The molecule has 4 aromatic heterocycles. The topological polar surface area (TPSA) is 43.6 Å². The quantitative estimate of drug-likeness (QED) is 0.173. The molecule has 14 rings (SSSR count). The Morgan fingerprint density at radius 3 is 1.88 bits per heavy atom. The van der Waals surface area contributed by atoms with Crippen LogP contribution in [0.4, 0.5) is 0 Å². The van der Waals surface area contributed by atoms with Crippen molar-refractivity contribution in [1.82, 2.24) is 19.5 Å². The van der Waals surface area contributed by atoms with Gasteiger partial charge in [-0.05, 0) is 87.3 Å². The highest BCUT2D eigenvalue weighted by Gasteiger charge is 2.22. The third-order valence-corrected chi connectivity index (χ3v) is 15.4. The van der Waals surface area contributed by atoms with E-state index in [-0.39, 0.29) is 0 Å². The van der Waals surface area contributed by atoms with Gasteiger partial charge in [-0.15, -0.1) is 22.7 Å². The number of para-hydroxylation sites is 1. The Morgan fingerprint density at radius 2 is 1.00 bits per heavy atom. The summed E-state index contributed by atoms with van der Waals surface area (Å²) < 4.78 is 7.44. The van der Waals surface area contributed by atoms with E-state index in [9.17, 15) is 0 Å². The molecule has 302 valence electrons. The van der Waals surface area contributed by atoms with E-state index in [1.165, 1.54) is 78.2 Å². The van der Waals surface area contributed by atoms with Gasteiger partial charge < -0.3 is 4.57 Å². The SMILES string of the molecule is c1ccc(-c2nc(-c3ccc4c(c3)sc3ccccc34)nc(-c3ccc(-n4c5ccccc5c5cc6ccccc6cc54)cc3-c3cccc4sc5c6ccccc6ccc5c34)n2)cc1. The summed E-state index contributed by atoms with van der Waals surface area (Å²) in [4.78, 5) is 16.0.